The van der Waals surface area contributed by atoms with E-state index in [9.17, 15) is 4.39 Å². The van der Waals surface area contributed by atoms with Crippen LogP contribution in [0.1, 0.15) is 25.0 Å². The lowest BCUT2D eigenvalue weighted by atomic mass is 9.96. The Morgan fingerprint density at radius 1 is 1.43 bits per heavy atom. The van der Waals surface area contributed by atoms with E-state index in [0.29, 0.717) is 17.9 Å². The van der Waals surface area contributed by atoms with E-state index in [1.807, 2.05) is 6.07 Å². The van der Waals surface area contributed by atoms with Crippen molar-refractivity contribution in [2.24, 2.45) is 5.73 Å². The molecule has 0 aliphatic carbocycles. The SMILES string of the molecule is COc1c(CN)cccc1C(C)(C)F. The summed E-state index contributed by atoms with van der Waals surface area (Å²) in [5.41, 5.74) is 5.50. The third kappa shape index (κ3) is 2.04. The first-order chi connectivity index (χ1) is 6.50. The zero-order valence-corrected chi connectivity index (χ0v) is 8.80. The standard InChI is InChI=1S/C11H16FNO/c1-11(2,12)9-6-4-5-8(7-13)10(9)14-3/h4-6H,7,13H2,1-3H3. The second-order valence-corrected chi connectivity index (χ2v) is 3.67. The Kier molecular flexibility index (Phi) is 3.11. The molecule has 0 aliphatic heterocycles. The monoisotopic (exact) mass is 197 g/mol. The summed E-state index contributed by atoms with van der Waals surface area (Å²) in [7, 11) is 1.53. The number of hydrogen-bond acceptors (Lipinski definition) is 2. The van der Waals surface area contributed by atoms with Crippen LogP contribution in [-0.2, 0) is 12.2 Å². The predicted molar refractivity (Wildman–Crippen MR) is 55.0 cm³/mol. The lowest BCUT2D eigenvalue weighted by molar-refractivity contribution is 0.213. The summed E-state index contributed by atoms with van der Waals surface area (Å²) in [6, 6.07) is 5.35. The second kappa shape index (κ2) is 3.96. The van der Waals surface area contributed by atoms with Gasteiger partial charge in [-0.25, -0.2) is 4.39 Å². The van der Waals surface area contributed by atoms with Gasteiger partial charge >= 0.3 is 0 Å². The van der Waals surface area contributed by atoms with Crippen molar-refractivity contribution in [3.05, 3.63) is 29.3 Å². The maximum Gasteiger partial charge on any atom is 0.134 e. The molecule has 1 rings (SSSR count). The van der Waals surface area contributed by atoms with Gasteiger partial charge in [-0.3, -0.25) is 0 Å². The largest absolute Gasteiger partial charge is 0.496 e. The number of halogens is 1. The minimum atomic E-state index is -1.41. The topological polar surface area (TPSA) is 35.2 Å². The zero-order valence-electron chi connectivity index (χ0n) is 8.80. The van der Waals surface area contributed by atoms with Crippen molar-refractivity contribution < 1.29 is 9.13 Å². The molecule has 0 heterocycles. The van der Waals surface area contributed by atoms with Crippen molar-refractivity contribution in [2.45, 2.75) is 26.1 Å². The Morgan fingerprint density at radius 3 is 2.50 bits per heavy atom. The lowest BCUT2D eigenvalue weighted by Gasteiger charge is -2.20. The fourth-order valence-electron chi connectivity index (χ4n) is 1.45. The zero-order chi connectivity index (χ0) is 10.8. The summed E-state index contributed by atoms with van der Waals surface area (Å²) in [5, 5.41) is 0. The van der Waals surface area contributed by atoms with Crippen LogP contribution < -0.4 is 10.5 Å². The van der Waals surface area contributed by atoms with Gasteiger partial charge in [-0.15, -0.1) is 0 Å². The smallest absolute Gasteiger partial charge is 0.134 e. The van der Waals surface area contributed by atoms with E-state index in [2.05, 4.69) is 0 Å². The minimum Gasteiger partial charge on any atom is -0.496 e. The molecule has 78 valence electrons. The van der Waals surface area contributed by atoms with Crippen LogP contribution in [0.3, 0.4) is 0 Å². The highest BCUT2D eigenvalue weighted by molar-refractivity contribution is 5.44. The first-order valence-corrected chi connectivity index (χ1v) is 4.56. The summed E-state index contributed by atoms with van der Waals surface area (Å²) in [5.74, 6) is 0.558. The van der Waals surface area contributed by atoms with E-state index in [1.165, 1.54) is 21.0 Å². The minimum absolute atomic E-state index is 0.354. The summed E-state index contributed by atoms with van der Waals surface area (Å²) in [6.07, 6.45) is 0. The van der Waals surface area contributed by atoms with Gasteiger partial charge in [-0.2, -0.15) is 0 Å². The summed E-state index contributed by atoms with van der Waals surface area (Å²) < 4.78 is 18.9. The molecule has 0 saturated heterocycles. The van der Waals surface area contributed by atoms with Gasteiger partial charge in [-0.1, -0.05) is 18.2 Å². The van der Waals surface area contributed by atoms with E-state index in [-0.39, 0.29) is 0 Å². The third-order valence-corrected chi connectivity index (χ3v) is 2.16. The van der Waals surface area contributed by atoms with Crippen LogP contribution in [0.25, 0.3) is 0 Å². The van der Waals surface area contributed by atoms with Crippen molar-refractivity contribution in [2.75, 3.05) is 7.11 Å². The molecule has 0 amide bonds. The Balaban J connectivity index is 3.29. The molecule has 2 N–H and O–H groups in total. The Hall–Kier alpha value is -1.09. The molecular formula is C11H16FNO. The Labute approximate surface area is 83.9 Å². The van der Waals surface area contributed by atoms with Crippen molar-refractivity contribution in [3.8, 4) is 5.75 Å². The molecule has 0 saturated carbocycles. The maximum absolute atomic E-state index is 13.8. The van der Waals surface area contributed by atoms with Gasteiger partial charge in [0.15, 0.2) is 0 Å². The number of ether oxygens (including phenoxy) is 1. The molecule has 14 heavy (non-hydrogen) atoms. The Morgan fingerprint density at radius 2 is 2.07 bits per heavy atom. The molecule has 0 fully saturated rings. The highest BCUT2D eigenvalue weighted by Gasteiger charge is 2.24. The molecule has 0 bridgehead atoms. The third-order valence-electron chi connectivity index (χ3n) is 2.16. The highest BCUT2D eigenvalue weighted by Crippen LogP contribution is 2.34. The number of para-hydroxylation sites is 1. The van der Waals surface area contributed by atoms with Crippen LogP contribution in [0, 0.1) is 0 Å². The summed E-state index contributed by atoms with van der Waals surface area (Å²) in [6.45, 7) is 3.36. The molecule has 1 aromatic rings. The van der Waals surface area contributed by atoms with Crippen LogP contribution in [-0.4, -0.2) is 7.11 Å². The van der Waals surface area contributed by atoms with Gasteiger partial charge in [0.25, 0.3) is 0 Å². The van der Waals surface area contributed by atoms with Crippen LogP contribution in [0.4, 0.5) is 4.39 Å². The number of hydrogen-bond donors (Lipinski definition) is 1. The molecule has 0 unspecified atom stereocenters. The first-order valence-electron chi connectivity index (χ1n) is 4.56. The number of nitrogens with two attached hydrogens (primary N) is 1. The van der Waals surface area contributed by atoms with E-state index in [4.69, 9.17) is 10.5 Å². The lowest BCUT2D eigenvalue weighted by Crippen LogP contribution is -2.13. The Bertz CT molecular complexity index is 318. The average Bonchev–Trinajstić information content (AvgIpc) is 2.15. The van der Waals surface area contributed by atoms with Gasteiger partial charge in [0.2, 0.25) is 0 Å². The van der Waals surface area contributed by atoms with Gasteiger partial charge in [0.05, 0.1) is 7.11 Å². The number of methoxy groups -OCH3 is 1. The van der Waals surface area contributed by atoms with Crippen LogP contribution in [0.5, 0.6) is 5.75 Å². The van der Waals surface area contributed by atoms with Gasteiger partial charge in [0, 0.05) is 17.7 Å². The van der Waals surface area contributed by atoms with E-state index in [0.717, 1.165) is 5.56 Å². The summed E-state index contributed by atoms with van der Waals surface area (Å²) in [4.78, 5) is 0. The van der Waals surface area contributed by atoms with E-state index < -0.39 is 5.67 Å². The van der Waals surface area contributed by atoms with Crippen LogP contribution in [0.15, 0.2) is 18.2 Å². The predicted octanol–water partition coefficient (Wildman–Crippen LogP) is 2.36. The maximum atomic E-state index is 13.8. The molecule has 0 spiro atoms. The van der Waals surface area contributed by atoms with Crippen LogP contribution in [0.2, 0.25) is 0 Å². The number of benzene rings is 1. The van der Waals surface area contributed by atoms with E-state index >= 15 is 0 Å². The van der Waals surface area contributed by atoms with Crippen molar-refractivity contribution in [3.63, 3.8) is 0 Å². The molecular weight excluding hydrogens is 181 g/mol. The number of alkyl halides is 1. The van der Waals surface area contributed by atoms with Crippen molar-refractivity contribution in [1.82, 2.24) is 0 Å². The molecule has 0 atom stereocenters. The average molecular weight is 197 g/mol. The fourth-order valence-corrected chi connectivity index (χ4v) is 1.45. The summed E-state index contributed by atoms with van der Waals surface area (Å²) >= 11 is 0. The van der Waals surface area contributed by atoms with Crippen molar-refractivity contribution in [1.29, 1.82) is 0 Å². The van der Waals surface area contributed by atoms with Gasteiger partial charge < -0.3 is 10.5 Å². The second-order valence-electron chi connectivity index (χ2n) is 3.67. The van der Waals surface area contributed by atoms with Crippen LogP contribution >= 0.6 is 0 Å². The quantitative estimate of drug-likeness (QED) is 0.807. The number of rotatable bonds is 3. The molecule has 0 aliphatic rings. The highest BCUT2D eigenvalue weighted by atomic mass is 19.1. The molecule has 1 aromatic carbocycles. The first kappa shape index (κ1) is 11.0. The fraction of sp³-hybridized carbons (Fsp3) is 0.455. The van der Waals surface area contributed by atoms with E-state index in [1.54, 1.807) is 12.1 Å². The molecule has 0 radical (unpaired) electrons. The molecule has 0 aromatic heterocycles. The van der Waals surface area contributed by atoms with Gasteiger partial charge in [0.1, 0.15) is 11.4 Å². The normalized spacial score (nSPS) is 11.5. The molecule has 2 nitrogen and oxygen atoms in total. The van der Waals surface area contributed by atoms with Crippen molar-refractivity contribution >= 4 is 0 Å². The molecule has 3 heteroatoms. The van der Waals surface area contributed by atoms with Gasteiger partial charge in [-0.05, 0) is 13.8 Å².